The molecule has 4 heteroatoms. The van der Waals surface area contributed by atoms with Crippen molar-refractivity contribution < 1.29 is 0 Å². The lowest BCUT2D eigenvalue weighted by Gasteiger charge is -2.22. The monoisotopic (exact) mass is 347 g/mol. The zero-order valence-electron chi connectivity index (χ0n) is 12.6. The van der Waals surface area contributed by atoms with E-state index in [4.69, 9.17) is 0 Å². The molecule has 0 spiro atoms. The minimum atomic E-state index is 0.362. The second-order valence-electron chi connectivity index (χ2n) is 5.24. The first-order valence-corrected chi connectivity index (χ1v) is 7.99. The second kappa shape index (κ2) is 8.27. The number of hydrogen-bond donors (Lipinski definition) is 1. The van der Waals surface area contributed by atoms with Crippen molar-refractivity contribution in [1.82, 2.24) is 15.2 Å². The lowest BCUT2D eigenvalue weighted by molar-refractivity contribution is 0.303. The van der Waals surface area contributed by atoms with Gasteiger partial charge in [0.25, 0.3) is 0 Å². The van der Waals surface area contributed by atoms with Crippen molar-refractivity contribution in [2.24, 2.45) is 0 Å². The SMILES string of the molecule is CNC(CCN(C)Cc1ccncc1)c1ccccc1Br. The summed E-state index contributed by atoms with van der Waals surface area (Å²) in [6.07, 6.45) is 4.77. The summed E-state index contributed by atoms with van der Waals surface area (Å²) in [5, 5.41) is 3.41. The summed E-state index contributed by atoms with van der Waals surface area (Å²) in [7, 11) is 4.18. The Bertz CT molecular complexity index is 545. The van der Waals surface area contributed by atoms with E-state index in [9.17, 15) is 0 Å². The molecule has 0 bridgehead atoms. The highest BCUT2D eigenvalue weighted by molar-refractivity contribution is 9.10. The summed E-state index contributed by atoms with van der Waals surface area (Å²) >= 11 is 3.64. The number of nitrogens with zero attached hydrogens (tertiary/aromatic N) is 2. The first-order chi connectivity index (χ1) is 10.2. The van der Waals surface area contributed by atoms with Crippen molar-refractivity contribution in [2.45, 2.75) is 19.0 Å². The van der Waals surface area contributed by atoms with E-state index in [1.165, 1.54) is 15.6 Å². The van der Waals surface area contributed by atoms with E-state index < -0.39 is 0 Å². The zero-order chi connectivity index (χ0) is 15.1. The number of aromatic nitrogens is 1. The summed E-state index contributed by atoms with van der Waals surface area (Å²) in [5.41, 5.74) is 2.62. The summed E-state index contributed by atoms with van der Waals surface area (Å²) < 4.78 is 1.17. The molecule has 0 amide bonds. The molecule has 0 radical (unpaired) electrons. The van der Waals surface area contributed by atoms with Crippen LogP contribution in [-0.2, 0) is 6.54 Å². The van der Waals surface area contributed by atoms with Gasteiger partial charge in [-0.15, -0.1) is 0 Å². The Morgan fingerprint density at radius 3 is 2.57 bits per heavy atom. The van der Waals surface area contributed by atoms with E-state index in [1.54, 1.807) is 0 Å². The fraction of sp³-hybridized carbons (Fsp3) is 0.353. The number of rotatable bonds is 7. The van der Waals surface area contributed by atoms with E-state index in [1.807, 2.05) is 19.4 Å². The average Bonchev–Trinajstić information content (AvgIpc) is 2.50. The number of benzene rings is 1. The van der Waals surface area contributed by atoms with Gasteiger partial charge in [0.1, 0.15) is 0 Å². The van der Waals surface area contributed by atoms with Crippen LogP contribution in [0.1, 0.15) is 23.6 Å². The molecule has 0 saturated heterocycles. The first-order valence-electron chi connectivity index (χ1n) is 7.20. The predicted molar refractivity (Wildman–Crippen MR) is 91.1 cm³/mol. The minimum absolute atomic E-state index is 0.362. The van der Waals surface area contributed by atoms with Gasteiger partial charge in [-0.2, -0.15) is 0 Å². The maximum atomic E-state index is 4.06. The fourth-order valence-electron chi connectivity index (χ4n) is 2.44. The van der Waals surface area contributed by atoms with Gasteiger partial charge in [0.05, 0.1) is 0 Å². The number of halogens is 1. The molecule has 1 unspecified atom stereocenters. The summed E-state index contributed by atoms with van der Waals surface area (Å²) in [4.78, 5) is 6.40. The molecule has 1 aromatic heterocycles. The molecule has 1 N–H and O–H groups in total. The molecule has 2 aromatic rings. The summed E-state index contributed by atoms with van der Waals surface area (Å²) in [6.45, 7) is 1.99. The highest BCUT2D eigenvalue weighted by Crippen LogP contribution is 2.25. The third kappa shape index (κ3) is 4.92. The number of hydrogen-bond acceptors (Lipinski definition) is 3. The molecule has 21 heavy (non-hydrogen) atoms. The first kappa shape index (κ1) is 16.1. The van der Waals surface area contributed by atoms with Crippen LogP contribution in [0.2, 0.25) is 0 Å². The van der Waals surface area contributed by atoms with E-state index in [0.29, 0.717) is 6.04 Å². The Morgan fingerprint density at radius 2 is 1.90 bits per heavy atom. The van der Waals surface area contributed by atoms with Gasteiger partial charge in [0, 0.05) is 29.5 Å². The smallest absolute Gasteiger partial charge is 0.0340 e. The van der Waals surface area contributed by atoms with Gasteiger partial charge >= 0.3 is 0 Å². The van der Waals surface area contributed by atoms with Gasteiger partial charge in [0.2, 0.25) is 0 Å². The van der Waals surface area contributed by atoms with E-state index in [-0.39, 0.29) is 0 Å². The van der Waals surface area contributed by atoms with Crippen LogP contribution in [0.5, 0.6) is 0 Å². The molecule has 0 aliphatic rings. The Labute approximate surface area is 135 Å². The Morgan fingerprint density at radius 1 is 1.19 bits per heavy atom. The lowest BCUT2D eigenvalue weighted by atomic mass is 10.0. The third-order valence-corrected chi connectivity index (χ3v) is 4.35. The van der Waals surface area contributed by atoms with Crippen molar-refractivity contribution in [3.63, 3.8) is 0 Å². The molecule has 112 valence electrons. The van der Waals surface area contributed by atoms with Crippen LogP contribution in [-0.4, -0.2) is 30.5 Å². The molecule has 3 nitrogen and oxygen atoms in total. The fourth-order valence-corrected chi connectivity index (χ4v) is 3.00. The molecule has 1 atom stereocenters. The Hall–Kier alpha value is -1.23. The maximum Gasteiger partial charge on any atom is 0.0340 e. The quantitative estimate of drug-likeness (QED) is 0.828. The molecule has 2 rings (SSSR count). The highest BCUT2D eigenvalue weighted by Gasteiger charge is 2.13. The maximum absolute atomic E-state index is 4.06. The predicted octanol–water partition coefficient (Wildman–Crippen LogP) is 3.63. The summed E-state index contributed by atoms with van der Waals surface area (Å²) in [5.74, 6) is 0. The topological polar surface area (TPSA) is 28.2 Å². The van der Waals surface area contributed by atoms with Crippen LogP contribution >= 0.6 is 15.9 Å². The molecular weight excluding hydrogens is 326 g/mol. The minimum Gasteiger partial charge on any atom is -0.313 e. The van der Waals surface area contributed by atoms with Gasteiger partial charge < -0.3 is 10.2 Å². The molecular formula is C17H22BrN3. The third-order valence-electron chi connectivity index (χ3n) is 3.63. The highest BCUT2D eigenvalue weighted by atomic mass is 79.9. The standard InChI is InChI=1S/C17H22BrN3/c1-19-17(15-5-3-4-6-16(15)18)9-12-21(2)13-14-7-10-20-11-8-14/h3-8,10-11,17,19H,9,12-13H2,1-2H3. The zero-order valence-corrected chi connectivity index (χ0v) is 14.2. The molecule has 1 heterocycles. The van der Waals surface area contributed by atoms with Gasteiger partial charge in [0.15, 0.2) is 0 Å². The molecule has 1 aromatic carbocycles. The molecule has 0 aliphatic heterocycles. The van der Waals surface area contributed by atoms with Crippen molar-refractivity contribution in [3.05, 3.63) is 64.4 Å². The van der Waals surface area contributed by atoms with E-state index in [0.717, 1.165) is 19.5 Å². The number of pyridine rings is 1. The normalized spacial score (nSPS) is 12.6. The Kier molecular flexibility index (Phi) is 6.36. The van der Waals surface area contributed by atoms with Crippen LogP contribution in [0.15, 0.2) is 53.3 Å². The van der Waals surface area contributed by atoms with Crippen molar-refractivity contribution in [1.29, 1.82) is 0 Å². The van der Waals surface area contributed by atoms with Crippen LogP contribution in [0.25, 0.3) is 0 Å². The number of nitrogens with one attached hydrogen (secondary N) is 1. The molecule has 0 fully saturated rings. The van der Waals surface area contributed by atoms with Crippen molar-refractivity contribution >= 4 is 15.9 Å². The van der Waals surface area contributed by atoms with Crippen LogP contribution in [0, 0.1) is 0 Å². The van der Waals surface area contributed by atoms with Crippen LogP contribution < -0.4 is 5.32 Å². The average molecular weight is 348 g/mol. The van der Waals surface area contributed by atoms with Crippen molar-refractivity contribution in [3.8, 4) is 0 Å². The Balaban J connectivity index is 1.90. The lowest BCUT2D eigenvalue weighted by Crippen LogP contribution is -2.25. The van der Waals surface area contributed by atoms with Crippen LogP contribution in [0.3, 0.4) is 0 Å². The van der Waals surface area contributed by atoms with Crippen LogP contribution in [0.4, 0.5) is 0 Å². The largest absolute Gasteiger partial charge is 0.313 e. The molecule has 0 aliphatic carbocycles. The van der Waals surface area contributed by atoms with E-state index in [2.05, 4.69) is 74.6 Å². The summed E-state index contributed by atoms with van der Waals surface area (Å²) in [6, 6.07) is 12.9. The second-order valence-corrected chi connectivity index (χ2v) is 6.10. The van der Waals surface area contributed by atoms with E-state index >= 15 is 0 Å². The van der Waals surface area contributed by atoms with Crippen molar-refractivity contribution in [2.75, 3.05) is 20.6 Å². The van der Waals surface area contributed by atoms with Gasteiger partial charge in [-0.25, -0.2) is 0 Å². The van der Waals surface area contributed by atoms with Gasteiger partial charge in [-0.1, -0.05) is 34.1 Å². The van der Waals surface area contributed by atoms with Gasteiger partial charge in [-0.3, -0.25) is 4.98 Å². The van der Waals surface area contributed by atoms with Gasteiger partial charge in [-0.05, 0) is 56.4 Å². The molecule has 0 saturated carbocycles.